The molecule has 84 valence electrons. The van der Waals surface area contributed by atoms with E-state index in [9.17, 15) is 5.11 Å². The highest BCUT2D eigenvalue weighted by atomic mass is 16.3. The van der Waals surface area contributed by atoms with Gasteiger partial charge in [-0.2, -0.15) is 0 Å². The molecule has 0 radical (unpaired) electrons. The van der Waals surface area contributed by atoms with Crippen LogP contribution in [0.25, 0.3) is 0 Å². The molecule has 3 N–H and O–H groups in total. The monoisotopic (exact) mass is 207 g/mol. The Labute approximate surface area is 92.1 Å². The van der Waals surface area contributed by atoms with E-state index in [2.05, 4.69) is 13.8 Å². The minimum Gasteiger partial charge on any atom is -0.508 e. The molecule has 0 saturated carbocycles. The summed E-state index contributed by atoms with van der Waals surface area (Å²) in [4.78, 5) is 0. The lowest BCUT2D eigenvalue weighted by Crippen LogP contribution is -2.25. The summed E-state index contributed by atoms with van der Waals surface area (Å²) in [7, 11) is 0. The largest absolute Gasteiger partial charge is 0.508 e. The van der Waals surface area contributed by atoms with Crippen LogP contribution in [0.15, 0.2) is 24.3 Å². The highest BCUT2D eigenvalue weighted by molar-refractivity contribution is 5.29. The number of hydrogen-bond acceptors (Lipinski definition) is 2. The normalized spacial score (nSPS) is 15.3. The van der Waals surface area contributed by atoms with Crippen LogP contribution in [0.1, 0.15) is 38.7 Å². The Morgan fingerprint density at radius 3 is 2.07 bits per heavy atom. The van der Waals surface area contributed by atoms with E-state index in [1.807, 2.05) is 19.1 Å². The molecule has 0 heterocycles. The second-order valence-corrected chi connectivity index (χ2v) is 4.69. The third-order valence-corrected chi connectivity index (χ3v) is 2.68. The molecule has 0 fully saturated rings. The molecule has 0 saturated heterocycles. The summed E-state index contributed by atoms with van der Waals surface area (Å²) in [5, 5.41) is 9.23. The Morgan fingerprint density at radius 2 is 1.67 bits per heavy atom. The Hall–Kier alpha value is -1.02. The number of phenolic OH excluding ortho intramolecular Hbond substituents is 1. The van der Waals surface area contributed by atoms with Crippen LogP contribution < -0.4 is 5.73 Å². The van der Waals surface area contributed by atoms with E-state index in [1.165, 1.54) is 5.56 Å². The number of rotatable bonds is 4. The van der Waals surface area contributed by atoms with Gasteiger partial charge in [-0.3, -0.25) is 0 Å². The van der Waals surface area contributed by atoms with Crippen LogP contribution in [0.4, 0.5) is 0 Å². The molecule has 0 aliphatic heterocycles. The number of phenols is 1. The fourth-order valence-corrected chi connectivity index (χ4v) is 1.88. The molecule has 2 unspecified atom stereocenters. The molecule has 2 heteroatoms. The van der Waals surface area contributed by atoms with E-state index < -0.39 is 0 Å². The van der Waals surface area contributed by atoms with Crippen LogP contribution in [-0.2, 0) is 0 Å². The van der Waals surface area contributed by atoms with Crippen LogP contribution in [0, 0.1) is 5.92 Å². The van der Waals surface area contributed by atoms with Crippen molar-refractivity contribution in [2.45, 2.75) is 39.2 Å². The zero-order valence-electron chi connectivity index (χ0n) is 9.77. The molecule has 1 aromatic rings. The smallest absolute Gasteiger partial charge is 0.115 e. The topological polar surface area (TPSA) is 46.2 Å². The third kappa shape index (κ3) is 3.56. The first-order valence-electron chi connectivity index (χ1n) is 5.55. The minimum atomic E-state index is 0.150. The van der Waals surface area contributed by atoms with E-state index in [0.717, 1.165) is 6.42 Å². The molecule has 0 aliphatic rings. The van der Waals surface area contributed by atoms with Gasteiger partial charge in [0.15, 0.2) is 0 Å². The second-order valence-electron chi connectivity index (χ2n) is 4.69. The highest BCUT2D eigenvalue weighted by Gasteiger charge is 2.17. The fourth-order valence-electron chi connectivity index (χ4n) is 1.88. The fraction of sp³-hybridized carbons (Fsp3) is 0.538. The first kappa shape index (κ1) is 12.1. The second kappa shape index (κ2) is 5.17. The van der Waals surface area contributed by atoms with Crippen molar-refractivity contribution in [3.8, 4) is 5.75 Å². The first-order valence-corrected chi connectivity index (χ1v) is 5.55. The SMILES string of the molecule is CC(C)CC(c1ccc(O)cc1)C(C)N. The third-order valence-electron chi connectivity index (χ3n) is 2.68. The Morgan fingerprint density at radius 1 is 1.13 bits per heavy atom. The lowest BCUT2D eigenvalue weighted by Gasteiger charge is -2.23. The Balaban J connectivity index is 2.84. The van der Waals surface area contributed by atoms with Gasteiger partial charge < -0.3 is 10.8 Å². The maximum atomic E-state index is 9.23. The molecule has 15 heavy (non-hydrogen) atoms. The molecule has 2 nitrogen and oxygen atoms in total. The van der Waals surface area contributed by atoms with Crippen LogP contribution in [0.2, 0.25) is 0 Å². The van der Waals surface area contributed by atoms with Gasteiger partial charge in [0, 0.05) is 6.04 Å². The lowest BCUT2D eigenvalue weighted by atomic mass is 9.85. The summed E-state index contributed by atoms with van der Waals surface area (Å²) >= 11 is 0. The first-order chi connectivity index (χ1) is 7.00. The Kier molecular flexibility index (Phi) is 4.15. The summed E-state index contributed by atoms with van der Waals surface area (Å²) in [5.41, 5.74) is 7.21. The molecule has 0 aliphatic carbocycles. The van der Waals surface area contributed by atoms with Crippen molar-refractivity contribution in [3.63, 3.8) is 0 Å². The van der Waals surface area contributed by atoms with Crippen LogP contribution in [-0.4, -0.2) is 11.1 Å². The zero-order chi connectivity index (χ0) is 11.4. The molecule has 0 amide bonds. The van der Waals surface area contributed by atoms with E-state index in [1.54, 1.807) is 12.1 Å². The van der Waals surface area contributed by atoms with Gasteiger partial charge in [0.05, 0.1) is 0 Å². The van der Waals surface area contributed by atoms with E-state index in [0.29, 0.717) is 17.6 Å². The maximum absolute atomic E-state index is 9.23. The van der Waals surface area contributed by atoms with Crippen molar-refractivity contribution in [2.75, 3.05) is 0 Å². The predicted octanol–water partition coefficient (Wildman–Crippen LogP) is 2.87. The molecule has 0 spiro atoms. The quantitative estimate of drug-likeness (QED) is 0.797. The van der Waals surface area contributed by atoms with Crippen LogP contribution in [0.5, 0.6) is 5.75 Å². The van der Waals surface area contributed by atoms with Crippen molar-refractivity contribution in [2.24, 2.45) is 11.7 Å². The molecule has 1 aromatic carbocycles. The number of aromatic hydroxyl groups is 1. The number of nitrogens with two attached hydrogens (primary N) is 1. The standard InChI is InChI=1S/C13H21NO/c1-9(2)8-13(10(3)14)11-4-6-12(15)7-5-11/h4-7,9-10,13,15H,8,14H2,1-3H3. The minimum absolute atomic E-state index is 0.150. The highest BCUT2D eigenvalue weighted by Crippen LogP contribution is 2.27. The van der Waals surface area contributed by atoms with Crippen LogP contribution in [0.3, 0.4) is 0 Å². The number of benzene rings is 1. The summed E-state index contributed by atoms with van der Waals surface area (Å²) in [5.74, 6) is 1.33. The van der Waals surface area contributed by atoms with Gasteiger partial charge in [-0.1, -0.05) is 26.0 Å². The predicted molar refractivity (Wildman–Crippen MR) is 64.0 cm³/mol. The van der Waals surface area contributed by atoms with Crippen molar-refractivity contribution in [3.05, 3.63) is 29.8 Å². The van der Waals surface area contributed by atoms with E-state index >= 15 is 0 Å². The lowest BCUT2D eigenvalue weighted by molar-refractivity contribution is 0.447. The molecule has 2 atom stereocenters. The summed E-state index contributed by atoms with van der Waals surface area (Å²) < 4.78 is 0. The molecule has 0 bridgehead atoms. The Bertz CT molecular complexity index is 290. The molecule has 1 rings (SSSR count). The van der Waals surface area contributed by atoms with E-state index in [-0.39, 0.29) is 6.04 Å². The van der Waals surface area contributed by atoms with Crippen molar-refractivity contribution < 1.29 is 5.11 Å². The van der Waals surface area contributed by atoms with Crippen LogP contribution >= 0.6 is 0 Å². The van der Waals surface area contributed by atoms with Crippen molar-refractivity contribution >= 4 is 0 Å². The van der Waals surface area contributed by atoms with Crippen molar-refractivity contribution in [1.29, 1.82) is 0 Å². The van der Waals surface area contributed by atoms with E-state index in [4.69, 9.17) is 5.73 Å². The number of hydrogen-bond donors (Lipinski definition) is 2. The maximum Gasteiger partial charge on any atom is 0.115 e. The van der Waals surface area contributed by atoms with Gasteiger partial charge in [0.25, 0.3) is 0 Å². The average Bonchev–Trinajstić information content (AvgIpc) is 2.15. The average molecular weight is 207 g/mol. The zero-order valence-corrected chi connectivity index (χ0v) is 9.77. The van der Waals surface area contributed by atoms with Gasteiger partial charge in [-0.15, -0.1) is 0 Å². The van der Waals surface area contributed by atoms with Gasteiger partial charge in [0.1, 0.15) is 5.75 Å². The van der Waals surface area contributed by atoms with Gasteiger partial charge in [-0.25, -0.2) is 0 Å². The van der Waals surface area contributed by atoms with Gasteiger partial charge >= 0.3 is 0 Å². The van der Waals surface area contributed by atoms with Gasteiger partial charge in [0.2, 0.25) is 0 Å². The summed E-state index contributed by atoms with van der Waals surface area (Å²) in [6.07, 6.45) is 1.09. The summed E-state index contributed by atoms with van der Waals surface area (Å²) in [6, 6.07) is 7.53. The van der Waals surface area contributed by atoms with Gasteiger partial charge in [-0.05, 0) is 42.9 Å². The van der Waals surface area contributed by atoms with Crippen molar-refractivity contribution in [1.82, 2.24) is 0 Å². The summed E-state index contributed by atoms with van der Waals surface area (Å²) in [6.45, 7) is 6.45. The molecule has 0 aromatic heterocycles. The molecular weight excluding hydrogens is 186 g/mol. The molecular formula is C13H21NO.